The Bertz CT molecular complexity index is 599. The lowest BCUT2D eigenvalue weighted by molar-refractivity contribution is -0.467. The molecule has 0 N–H and O–H groups in total. The third-order valence-electron chi connectivity index (χ3n) is 2.70. The molecular weight excluding hydrogens is 436 g/mol. The third-order valence-corrected chi connectivity index (χ3v) is 2.70. The van der Waals surface area contributed by atoms with Gasteiger partial charge >= 0.3 is 47.8 Å². The summed E-state index contributed by atoms with van der Waals surface area (Å²) in [6.07, 6.45) is -14.4. The molecule has 0 amide bonds. The highest BCUT2D eigenvalue weighted by atomic mass is 19.4. The van der Waals surface area contributed by atoms with Crippen molar-refractivity contribution in [3.63, 3.8) is 0 Å². The van der Waals surface area contributed by atoms with Crippen LogP contribution in [0.2, 0.25) is 0 Å². The van der Waals surface area contributed by atoms with Crippen LogP contribution in [0.3, 0.4) is 0 Å². The van der Waals surface area contributed by atoms with Gasteiger partial charge in [-0.05, 0) is 0 Å². The zero-order valence-electron chi connectivity index (χ0n) is 12.7. The van der Waals surface area contributed by atoms with Gasteiger partial charge in [-0.2, -0.15) is 52.7 Å². The molecule has 4 nitrogen and oxygen atoms in total. The lowest BCUT2D eigenvalue weighted by Gasteiger charge is -2.39. The van der Waals surface area contributed by atoms with Gasteiger partial charge in [-0.1, -0.05) is 13.2 Å². The van der Waals surface area contributed by atoms with Crippen molar-refractivity contribution in [2.75, 3.05) is 0 Å². The normalized spacial score (nSPS) is 14.3. The van der Waals surface area contributed by atoms with E-state index in [9.17, 15) is 62.3 Å². The fraction of sp³-hybridized carbons (Fsp3) is 0.500. The summed E-state index contributed by atoms with van der Waals surface area (Å²) in [4.78, 5) is 20.9. The van der Waals surface area contributed by atoms with Crippen LogP contribution in [0.1, 0.15) is 0 Å². The number of carbonyl (C=O) groups is 2. The van der Waals surface area contributed by atoms with E-state index in [0.29, 0.717) is 0 Å². The SMILES string of the molecule is C=CC(=O)OC(F)(F)C(F)(F)C(F)(F)C(F)(F)C(F)(F)C(F)(F)OC(=O)C=C. The zero-order valence-corrected chi connectivity index (χ0v) is 12.7. The number of rotatable bonds is 9. The monoisotopic (exact) mass is 442 g/mol. The topological polar surface area (TPSA) is 52.6 Å². The number of halogens is 12. The van der Waals surface area contributed by atoms with E-state index in [2.05, 4.69) is 22.6 Å². The van der Waals surface area contributed by atoms with Crippen LogP contribution < -0.4 is 0 Å². The third kappa shape index (κ3) is 3.76. The van der Waals surface area contributed by atoms with E-state index in [0.717, 1.165) is 0 Å². The summed E-state index contributed by atoms with van der Waals surface area (Å²) in [6.45, 7) is 4.76. The van der Waals surface area contributed by atoms with Gasteiger partial charge in [0.25, 0.3) is 0 Å². The molecular formula is C12H6F12O4. The number of esters is 2. The molecule has 0 fully saturated rings. The van der Waals surface area contributed by atoms with Crippen molar-refractivity contribution in [1.82, 2.24) is 0 Å². The van der Waals surface area contributed by atoms with Crippen molar-refractivity contribution < 1.29 is 71.7 Å². The van der Waals surface area contributed by atoms with E-state index in [1.807, 2.05) is 0 Å². The highest BCUT2D eigenvalue weighted by Crippen LogP contribution is 2.60. The first-order valence-electron chi connectivity index (χ1n) is 6.14. The quantitative estimate of drug-likeness (QED) is 0.306. The highest BCUT2D eigenvalue weighted by Gasteiger charge is 2.92. The van der Waals surface area contributed by atoms with Gasteiger partial charge < -0.3 is 9.47 Å². The van der Waals surface area contributed by atoms with Gasteiger partial charge in [0, 0.05) is 12.2 Å². The molecule has 0 aliphatic rings. The van der Waals surface area contributed by atoms with Crippen LogP contribution in [0.15, 0.2) is 25.3 Å². The maximum Gasteiger partial charge on any atom is 0.473 e. The van der Waals surface area contributed by atoms with Crippen molar-refractivity contribution >= 4 is 11.9 Å². The van der Waals surface area contributed by atoms with E-state index >= 15 is 0 Å². The number of hydrogen-bond acceptors (Lipinski definition) is 4. The maximum atomic E-state index is 13.3. The second-order valence-corrected chi connectivity index (χ2v) is 4.58. The Morgan fingerprint density at radius 1 is 0.536 bits per heavy atom. The molecule has 0 atom stereocenters. The fourth-order valence-corrected chi connectivity index (χ4v) is 1.22. The first kappa shape index (κ1) is 25.6. The Balaban J connectivity index is 6.34. The molecule has 0 saturated carbocycles. The lowest BCUT2D eigenvalue weighted by Crippen LogP contribution is -2.71. The van der Waals surface area contributed by atoms with Gasteiger partial charge in [-0.25, -0.2) is 9.59 Å². The first-order valence-corrected chi connectivity index (χ1v) is 6.14. The summed E-state index contributed by atoms with van der Waals surface area (Å²) in [6, 6.07) is 0. The molecule has 28 heavy (non-hydrogen) atoms. The Morgan fingerprint density at radius 3 is 0.929 bits per heavy atom. The summed E-state index contributed by atoms with van der Waals surface area (Å²) in [7, 11) is 0. The Hall–Kier alpha value is -2.42. The predicted molar refractivity (Wildman–Crippen MR) is 62.3 cm³/mol. The van der Waals surface area contributed by atoms with Crippen LogP contribution >= 0.6 is 0 Å². The van der Waals surface area contributed by atoms with E-state index in [-0.39, 0.29) is 12.2 Å². The van der Waals surface area contributed by atoms with Crippen LogP contribution in [-0.2, 0) is 19.1 Å². The van der Waals surface area contributed by atoms with Gasteiger partial charge in [0.05, 0.1) is 0 Å². The van der Waals surface area contributed by atoms with Crippen molar-refractivity contribution in [3.8, 4) is 0 Å². The first-order chi connectivity index (χ1) is 12.2. The Kier molecular flexibility index (Phi) is 6.57. The molecule has 16 heteroatoms. The number of hydrogen-bond donors (Lipinski definition) is 0. The highest BCUT2D eigenvalue weighted by molar-refractivity contribution is 5.81. The van der Waals surface area contributed by atoms with Crippen LogP contribution in [0, 0.1) is 0 Å². The van der Waals surface area contributed by atoms with Gasteiger partial charge in [0.1, 0.15) is 0 Å². The van der Waals surface area contributed by atoms with Gasteiger partial charge in [-0.15, -0.1) is 0 Å². The summed E-state index contributed by atoms with van der Waals surface area (Å²) in [5.74, 6) is -36.5. The zero-order chi connectivity index (χ0) is 23.0. The van der Waals surface area contributed by atoms with E-state index in [1.54, 1.807) is 0 Å². The van der Waals surface area contributed by atoms with E-state index in [4.69, 9.17) is 0 Å². The molecule has 0 radical (unpaired) electrons. The molecule has 162 valence electrons. The minimum Gasteiger partial charge on any atom is -0.393 e. The van der Waals surface area contributed by atoms with Crippen LogP contribution in [0.25, 0.3) is 0 Å². The largest absolute Gasteiger partial charge is 0.473 e. The smallest absolute Gasteiger partial charge is 0.393 e. The summed E-state index contributed by atoms with van der Waals surface area (Å²) in [5, 5.41) is 0. The molecule has 0 aromatic heterocycles. The van der Waals surface area contributed by atoms with Crippen molar-refractivity contribution in [3.05, 3.63) is 25.3 Å². The van der Waals surface area contributed by atoms with Crippen molar-refractivity contribution in [2.24, 2.45) is 0 Å². The Morgan fingerprint density at radius 2 is 0.750 bits per heavy atom. The molecule has 0 rings (SSSR count). The van der Waals surface area contributed by atoms with Crippen LogP contribution in [0.4, 0.5) is 52.7 Å². The van der Waals surface area contributed by atoms with Crippen molar-refractivity contribution in [1.29, 1.82) is 0 Å². The maximum absolute atomic E-state index is 13.3. The molecule has 0 heterocycles. The molecule has 0 aliphatic carbocycles. The number of ether oxygens (including phenoxy) is 2. The molecule has 0 bridgehead atoms. The van der Waals surface area contributed by atoms with Gasteiger partial charge in [0.15, 0.2) is 0 Å². The second-order valence-electron chi connectivity index (χ2n) is 4.58. The van der Waals surface area contributed by atoms with Crippen LogP contribution in [0.5, 0.6) is 0 Å². The van der Waals surface area contributed by atoms with E-state index in [1.165, 1.54) is 0 Å². The molecule has 0 unspecified atom stereocenters. The standard InChI is InChI=1S/C12H6F12O4/c1-3-5(25)27-11(21,22)9(17,18)7(13,14)8(15,16)10(19,20)12(23,24)28-6(26)4-2/h3-4H,1-2H2. The van der Waals surface area contributed by atoms with Gasteiger partial charge in [-0.3, -0.25) is 0 Å². The molecule has 0 spiro atoms. The number of alkyl halides is 12. The minimum atomic E-state index is -7.99. The second kappa shape index (κ2) is 7.20. The molecule has 0 aliphatic heterocycles. The minimum absolute atomic E-state index is 0.322. The van der Waals surface area contributed by atoms with Crippen LogP contribution in [-0.4, -0.2) is 47.8 Å². The average molecular weight is 442 g/mol. The lowest BCUT2D eigenvalue weighted by atomic mass is 9.97. The van der Waals surface area contributed by atoms with E-state index < -0.39 is 47.8 Å². The molecule has 0 aromatic rings. The van der Waals surface area contributed by atoms with Crippen molar-refractivity contribution in [2.45, 2.75) is 35.9 Å². The predicted octanol–water partition coefficient (Wildman–Crippen LogP) is 4.17. The Labute approximate surface area is 146 Å². The summed E-state index contributed by atoms with van der Waals surface area (Å²) >= 11 is 0. The average Bonchev–Trinajstić information content (AvgIpc) is 2.52. The molecule has 0 saturated heterocycles. The summed E-state index contributed by atoms with van der Waals surface area (Å²) in [5.41, 5.74) is 0. The summed E-state index contributed by atoms with van der Waals surface area (Å²) < 4.78 is 163. The van der Waals surface area contributed by atoms with Gasteiger partial charge in [0.2, 0.25) is 0 Å². The number of carbonyl (C=O) groups excluding carboxylic acids is 2. The fourth-order valence-electron chi connectivity index (χ4n) is 1.22. The molecule has 0 aromatic carbocycles.